The SMILES string of the molecule is COc1cccc(CCC(=O)N2CCC(=O)c3cccc(OC)c32)c1. The number of para-hydroxylation sites is 1. The van der Waals surface area contributed by atoms with Gasteiger partial charge in [-0.25, -0.2) is 0 Å². The third kappa shape index (κ3) is 3.50. The summed E-state index contributed by atoms with van der Waals surface area (Å²) in [4.78, 5) is 26.6. The fraction of sp³-hybridized carbons (Fsp3) is 0.300. The van der Waals surface area contributed by atoms with Gasteiger partial charge in [-0.2, -0.15) is 0 Å². The van der Waals surface area contributed by atoms with Crippen LogP contribution in [0.5, 0.6) is 11.5 Å². The van der Waals surface area contributed by atoms with E-state index in [0.717, 1.165) is 11.3 Å². The van der Waals surface area contributed by atoms with E-state index < -0.39 is 0 Å². The van der Waals surface area contributed by atoms with Gasteiger partial charge in [0.05, 0.1) is 19.9 Å². The zero-order valence-corrected chi connectivity index (χ0v) is 14.5. The molecule has 0 N–H and O–H groups in total. The minimum Gasteiger partial charge on any atom is -0.497 e. The summed E-state index contributed by atoms with van der Waals surface area (Å²) in [5, 5.41) is 0. The maximum atomic E-state index is 12.8. The summed E-state index contributed by atoms with van der Waals surface area (Å²) in [6.07, 6.45) is 1.31. The van der Waals surface area contributed by atoms with Crippen LogP contribution >= 0.6 is 0 Å². The van der Waals surface area contributed by atoms with Crippen LogP contribution in [0.15, 0.2) is 42.5 Å². The fourth-order valence-electron chi connectivity index (χ4n) is 3.11. The van der Waals surface area contributed by atoms with Crippen LogP contribution in [0.4, 0.5) is 5.69 Å². The van der Waals surface area contributed by atoms with Gasteiger partial charge >= 0.3 is 0 Å². The molecule has 25 heavy (non-hydrogen) atoms. The second-order valence-corrected chi connectivity index (χ2v) is 5.93. The summed E-state index contributed by atoms with van der Waals surface area (Å²) in [6.45, 7) is 0.392. The second kappa shape index (κ2) is 7.38. The van der Waals surface area contributed by atoms with Crippen LogP contribution < -0.4 is 14.4 Å². The number of rotatable bonds is 5. The number of carbonyl (C=O) groups is 2. The van der Waals surface area contributed by atoms with Gasteiger partial charge in [0.15, 0.2) is 5.78 Å². The average molecular weight is 339 g/mol. The molecule has 0 atom stereocenters. The van der Waals surface area contributed by atoms with Crippen molar-refractivity contribution >= 4 is 17.4 Å². The molecule has 3 rings (SSSR count). The number of hydrogen-bond acceptors (Lipinski definition) is 4. The number of aryl methyl sites for hydroxylation is 1. The fourth-order valence-corrected chi connectivity index (χ4v) is 3.11. The Labute approximate surface area is 147 Å². The van der Waals surface area contributed by atoms with E-state index in [9.17, 15) is 9.59 Å². The monoisotopic (exact) mass is 339 g/mol. The summed E-state index contributed by atoms with van der Waals surface area (Å²) in [5.74, 6) is 1.37. The predicted octanol–water partition coefficient (Wildman–Crippen LogP) is 3.26. The Kier molecular flexibility index (Phi) is 5.03. The quantitative estimate of drug-likeness (QED) is 0.839. The Bertz CT molecular complexity index is 800. The first-order valence-electron chi connectivity index (χ1n) is 8.27. The molecule has 0 bridgehead atoms. The highest BCUT2D eigenvalue weighted by Gasteiger charge is 2.29. The van der Waals surface area contributed by atoms with Crippen LogP contribution in [0.25, 0.3) is 0 Å². The van der Waals surface area contributed by atoms with Crippen LogP contribution in [0.3, 0.4) is 0 Å². The van der Waals surface area contributed by atoms with Crippen molar-refractivity contribution in [3.63, 3.8) is 0 Å². The van der Waals surface area contributed by atoms with Gasteiger partial charge in [0.2, 0.25) is 5.91 Å². The molecule has 0 aromatic heterocycles. The number of amides is 1. The summed E-state index contributed by atoms with van der Waals surface area (Å²) in [5.41, 5.74) is 2.19. The van der Waals surface area contributed by atoms with E-state index >= 15 is 0 Å². The number of anilines is 1. The lowest BCUT2D eigenvalue weighted by atomic mass is 9.98. The molecule has 5 heteroatoms. The van der Waals surface area contributed by atoms with Gasteiger partial charge in [-0.05, 0) is 36.2 Å². The van der Waals surface area contributed by atoms with Crippen molar-refractivity contribution in [1.29, 1.82) is 0 Å². The van der Waals surface area contributed by atoms with Gasteiger partial charge in [0.1, 0.15) is 11.5 Å². The molecule has 130 valence electrons. The summed E-state index contributed by atoms with van der Waals surface area (Å²) in [6, 6.07) is 13.0. The highest BCUT2D eigenvalue weighted by atomic mass is 16.5. The second-order valence-electron chi connectivity index (χ2n) is 5.93. The van der Waals surface area contributed by atoms with Crippen molar-refractivity contribution in [2.24, 2.45) is 0 Å². The van der Waals surface area contributed by atoms with Crippen LogP contribution in [0, 0.1) is 0 Å². The molecular formula is C20H21NO4. The standard InChI is InChI=1S/C20H21NO4/c1-24-15-6-3-5-14(13-15)9-10-19(23)21-12-11-17(22)16-7-4-8-18(25-2)20(16)21/h3-8,13H,9-12H2,1-2H3. The molecule has 0 saturated heterocycles. The molecule has 0 radical (unpaired) electrons. The van der Waals surface area contributed by atoms with Crippen molar-refractivity contribution in [2.75, 3.05) is 25.7 Å². The molecule has 1 aliphatic rings. The Hall–Kier alpha value is -2.82. The number of Topliss-reactive ketones (excluding diaryl/α,β-unsaturated/α-hetero) is 1. The van der Waals surface area contributed by atoms with Crippen molar-refractivity contribution in [1.82, 2.24) is 0 Å². The summed E-state index contributed by atoms with van der Waals surface area (Å²) < 4.78 is 10.6. The summed E-state index contributed by atoms with van der Waals surface area (Å²) >= 11 is 0. The normalized spacial score (nSPS) is 13.4. The van der Waals surface area contributed by atoms with E-state index in [1.165, 1.54) is 0 Å². The minimum atomic E-state index is -0.0129. The number of ether oxygens (including phenoxy) is 2. The number of ketones is 1. The maximum absolute atomic E-state index is 12.8. The first kappa shape index (κ1) is 17.0. The van der Waals surface area contributed by atoms with Crippen LogP contribution in [0.2, 0.25) is 0 Å². The number of carbonyl (C=O) groups excluding carboxylic acids is 2. The van der Waals surface area contributed by atoms with Gasteiger partial charge in [-0.1, -0.05) is 18.2 Å². The molecule has 2 aromatic rings. The van der Waals surface area contributed by atoms with Crippen molar-refractivity contribution < 1.29 is 19.1 Å². The van der Waals surface area contributed by atoms with E-state index in [-0.39, 0.29) is 11.7 Å². The summed E-state index contributed by atoms with van der Waals surface area (Å²) in [7, 11) is 3.17. The number of fused-ring (bicyclic) bond motifs is 1. The molecule has 2 aromatic carbocycles. The molecule has 0 unspecified atom stereocenters. The Morgan fingerprint density at radius 2 is 1.92 bits per heavy atom. The molecule has 0 saturated carbocycles. The number of hydrogen-bond donors (Lipinski definition) is 0. The zero-order valence-electron chi connectivity index (χ0n) is 14.5. The topological polar surface area (TPSA) is 55.8 Å². The lowest BCUT2D eigenvalue weighted by Gasteiger charge is -2.30. The van der Waals surface area contributed by atoms with Crippen molar-refractivity contribution in [2.45, 2.75) is 19.3 Å². The third-order valence-corrected chi connectivity index (χ3v) is 4.41. The number of methoxy groups -OCH3 is 2. The van der Waals surface area contributed by atoms with Gasteiger partial charge in [0, 0.05) is 24.9 Å². The minimum absolute atomic E-state index is 0.0129. The van der Waals surface area contributed by atoms with Crippen LogP contribution in [0.1, 0.15) is 28.8 Å². The Balaban J connectivity index is 1.79. The average Bonchev–Trinajstić information content (AvgIpc) is 2.66. The van der Waals surface area contributed by atoms with Crippen LogP contribution in [-0.2, 0) is 11.2 Å². The highest BCUT2D eigenvalue weighted by Crippen LogP contribution is 2.36. The highest BCUT2D eigenvalue weighted by molar-refractivity contribution is 6.10. The van der Waals surface area contributed by atoms with Crippen LogP contribution in [-0.4, -0.2) is 32.5 Å². The lowest BCUT2D eigenvalue weighted by molar-refractivity contribution is -0.118. The third-order valence-electron chi connectivity index (χ3n) is 4.41. The van der Waals surface area contributed by atoms with Gasteiger partial charge < -0.3 is 14.4 Å². The molecule has 1 amide bonds. The van der Waals surface area contributed by atoms with E-state index in [2.05, 4.69) is 0 Å². The number of nitrogens with zero attached hydrogens (tertiary/aromatic N) is 1. The smallest absolute Gasteiger partial charge is 0.227 e. The molecule has 1 aliphatic heterocycles. The van der Waals surface area contributed by atoms with E-state index in [0.29, 0.717) is 42.8 Å². The molecular weight excluding hydrogens is 318 g/mol. The Morgan fingerprint density at radius 3 is 2.68 bits per heavy atom. The molecule has 0 aliphatic carbocycles. The largest absolute Gasteiger partial charge is 0.497 e. The first-order chi connectivity index (χ1) is 12.1. The van der Waals surface area contributed by atoms with Crippen molar-refractivity contribution in [3.05, 3.63) is 53.6 Å². The van der Waals surface area contributed by atoms with E-state index in [1.54, 1.807) is 37.3 Å². The van der Waals surface area contributed by atoms with E-state index in [1.807, 2.05) is 24.3 Å². The molecule has 0 fully saturated rings. The number of benzene rings is 2. The molecule has 0 spiro atoms. The van der Waals surface area contributed by atoms with Gasteiger partial charge in [0.25, 0.3) is 0 Å². The lowest BCUT2D eigenvalue weighted by Crippen LogP contribution is -2.37. The maximum Gasteiger partial charge on any atom is 0.227 e. The Morgan fingerprint density at radius 1 is 1.12 bits per heavy atom. The van der Waals surface area contributed by atoms with Crippen molar-refractivity contribution in [3.8, 4) is 11.5 Å². The first-order valence-corrected chi connectivity index (χ1v) is 8.27. The zero-order chi connectivity index (χ0) is 17.8. The van der Waals surface area contributed by atoms with Gasteiger partial charge in [-0.15, -0.1) is 0 Å². The molecule has 1 heterocycles. The van der Waals surface area contributed by atoms with Gasteiger partial charge in [-0.3, -0.25) is 9.59 Å². The molecule has 5 nitrogen and oxygen atoms in total. The predicted molar refractivity (Wildman–Crippen MR) is 95.6 cm³/mol. The van der Waals surface area contributed by atoms with E-state index in [4.69, 9.17) is 9.47 Å².